The van der Waals surface area contributed by atoms with Crippen LogP contribution in [-0.4, -0.2) is 0 Å². The largest absolute Gasteiger partial charge is 0.207 e. The van der Waals surface area contributed by atoms with Gasteiger partial charge in [0.05, 0.1) is 0 Å². The van der Waals surface area contributed by atoms with Gasteiger partial charge in [0.1, 0.15) is 11.6 Å². The summed E-state index contributed by atoms with van der Waals surface area (Å²) in [6, 6.07) is 22.8. The third kappa shape index (κ3) is 4.23. The highest BCUT2D eigenvalue weighted by molar-refractivity contribution is 5.97. The second kappa shape index (κ2) is 8.46. The van der Waals surface area contributed by atoms with Crippen molar-refractivity contribution in [3.63, 3.8) is 0 Å². The Morgan fingerprint density at radius 2 is 1.20 bits per heavy atom. The Hall–Kier alpha value is -3.52. The lowest BCUT2D eigenvalue weighted by Crippen LogP contribution is -1.86. The number of halogens is 2. The van der Waals surface area contributed by atoms with Gasteiger partial charge in [-0.05, 0) is 70.1 Å². The lowest BCUT2D eigenvalue weighted by atomic mass is 9.97. The third-order valence-corrected chi connectivity index (χ3v) is 5.29. The molecule has 0 N–H and O–H groups in total. The molecule has 0 amide bonds. The molecule has 0 aliphatic carbocycles. The van der Waals surface area contributed by atoms with Gasteiger partial charge < -0.3 is 0 Å². The molecule has 0 radical (unpaired) electrons. The summed E-state index contributed by atoms with van der Waals surface area (Å²) in [5, 5.41) is 2.24. The van der Waals surface area contributed by atoms with Gasteiger partial charge in [0, 0.05) is 0 Å². The SMILES string of the molecule is Cc1ccc(/C=C/c2ccc3ccccc3c2/C=C/c2ccc(C)c(F)c2)cc1F. The van der Waals surface area contributed by atoms with Crippen LogP contribution >= 0.6 is 0 Å². The van der Waals surface area contributed by atoms with Gasteiger partial charge in [-0.3, -0.25) is 0 Å². The van der Waals surface area contributed by atoms with Crippen LogP contribution in [0.4, 0.5) is 8.78 Å². The predicted octanol–water partition coefficient (Wildman–Crippen LogP) is 8.08. The summed E-state index contributed by atoms with van der Waals surface area (Å²) in [6.07, 6.45) is 7.84. The molecule has 0 nitrogen and oxygen atoms in total. The fourth-order valence-corrected chi connectivity index (χ4v) is 3.43. The number of hydrogen-bond acceptors (Lipinski definition) is 0. The minimum atomic E-state index is -0.211. The Kier molecular flexibility index (Phi) is 5.58. The Morgan fingerprint density at radius 3 is 1.83 bits per heavy atom. The predicted molar refractivity (Wildman–Crippen MR) is 124 cm³/mol. The van der Waals surface area contributed by atoms with E-state index in [0.29, 0.717) is 11.1 Å². The van der Waals surface area contributed by atoms with E-state index in [4.69, 9.17) is 0 Å². The number of rotatable bonds is 4. The Bertz CT molecular complexity index is 1280. The van der Waals surface area contributed by atoms with Gasteiger partial charge in [-0.15, -0.1) is 0 Å². The van der Waals surface area contributed by atoms with Crippen LogP contribution in [0.25, 0.3) is 35.1 Å². The van der Waals surface area contributed by atoms with Crippen LogP contribution in [0.2, 0.25) is 0 Å². The molecule has 0 unspecified atom stereocenters. The van der Waals surface area contributed by atoms with E-state index in [1.165, 1.54) is 6.07 Å². The van der Waals surface area contributed by atoms with Gasteiger partial charge >= 0.3 is 0 Å². The highest BCUT2D eigenvalue weighted by Gasteiger charge is 2.04. The maximum atomic E-state index is 13.9. The molecule has 2 heteroatoms. The van der Waals surface area contributed by atoms with E-state index < -0.39 is 0 Å². The van der Waals surface area contributed by atoms with E-state index in [1.807, 2.05) is 48.6 Å². The molecule has 0 aliphatic rings. The average molecular weight is 396 g/mol. The first kappa shape index (κ1) is 19.8. The maximum absolute atomic E-state index is 13.9. The highest BCUT2D eigenvalue weighted by atomic mass is 19.1. The van der Waals surface area contributed by atoms with Crippen molar-refractivity contribution in [2.45, 2.75) is 13.8 Å². The van der Waals surface area contributed by atoms with Crippen LogP contribution in [0, 0.1) is 25.5 Å². The van der Waals surface area contributed by atoms with Crippen LogP contribution in [0.1, 0.15) is 33.4 Å². The summed E-state index contributed by atoms with van der Waals surface area (Å²) in [7, 11) is 0. The van der Waals surface area contributed by atoms with Crippen molar-refractivity contribution in [3.05, 3.63) is 118 Å². The van der Waals surface area contributed by atoms with Gasteiger partial charge in [-0.1, -0.05) is 85.0 Å². The monoisotopic (exact) mass is 396 g/mol. The zero-order valence-corrected chi connectivity index (χ0v) is 17.0. The van der Waals surface area contributed by atoms with Crippen LogP contribution < -0.4 is 0 Å². The van der Waals surface area contributed by atoms with E-state index in [2.05, 4.69) is 24.3 Å². The van der Waals surface area contributed by atoms with Crippen LogP contribution in [0.5, 0.6) is 0 Å². The van der Waals surface area contributed by atoms with Crippen molar-refractivity contribution in [3.8, 4) is 0 Å². The van der Waals surface area contributed by atoms with E-state index in [0.717, 1.165) is 33.0 Å². The van der Waals surface area contributed by atoms with Crippen molar-refractivity contribution >= 4 is 35.1 Å². The first-order valence-electron chi connectivity index (χ1n) is 9.91. The molecule has 0 fully saturated rings. The summed E-state index contributed by atoms with van der Waals surface area (Å²) >= 11 is 0. The van der Waals surface area contributed by atoms with Gasteiger partial charge in [-0.25, -0.2) is 8.78 Å². The van der Waals surface area contributed by atoms with Crippen molar-refractivity contribution < 1.29 is 8.78 Å². The second-order valence-electron chi connectivity index (χ2n) is 7.47. The van der Waals surface area contributed by atoms with Crippen molar-refractivity contribution in [1.29, 1.82) is 0 Å². The second-order valence-corrected chi connectivity index (χ2v) is 7.47. The smallest absolute Gasteiger partial charge is 0.126 e. The van der Waals surface area contributed by atoms with E-state index >= 15 is 0 Å². The van der Waals surface area contributed by atoms with Crippen LogP contribution in [0.15, 0.2) is 72.8 Å². The normalized spacial score (nSPS) is 11.7. The van der Waals surface area contributed by atoms with Gasteiger partial charge in [0.15, 0.2) is 0 Å². The molecule has 0 atom stereocenters. The molecule has 0 spiro atoms. The van der Waals surface area contributed by atoms with E-state index in [9.17, 15) is 8.78 Å². The van der Waals surface area contributed by atoms with Crippen LogP contribution in [0.3, 0.4) is 0 Å². The topological polar surface area (TPSA) is 0 Å². The molecule has 0 saturated heterocycles. The zero-order chi connectivity index (χ0) is 21.1. The lowest BCUT2D eigenvalue weighted by molar-refractivity contribution is 0.618. The van der Waals surface area contributed by atoms with Gasteiger partial charge in [-0.2, -0.15) is 0 Å². The Morgan fingerprint density at radius 1 is 0.600 bits per heavy atom. The first-order chi connectivity index (χ1) is 14.5. The number of benzene rings is 4. The zero-order valence-electron chi connectivity index (χ0n) is 17.0. The summed E-state index contributed by atoms with van der Waals surface area (Å²) < 4.78 is 27.8. The molecule has 148 valence electrons. The summed E-state index contributed by atoms with van der Waals surface area (Å²) in [5.41, 5.74) is 4.93. The Balaban J connectivity index is 1.77. The molecule has 0 aliphatic heterocycles. The first-order valence-corrected chi connectivity index (χ1v) is 9.91. The fraction of sp³-hybridized carbons (Fsp3) is 0.0714. The lowest BCUT2D eigenvalue weighted by Gasteiger charge is -2.08. The maximum Gasteiger partial charge on any atom is 0.126 e. The molecule has 4 rings (SSSR count). The fourth-order valence-electron chi connectivity index (χ4n) is 3.43. The highest BCUT2D eigenvalue weighted by Crippen LogP contribution is 2.27. The molecule has 30 heavy (non-hydrogen) atoms. The molecule has 0 bridgehead atoms. The van der Waals surface area contributed by atoms with Crippen LogP contribution in [-0.2, 0) is 0 Å². The average Bonchev–Trinajstić information content (AvgIpc) is 2.75. The van der Waals surface area contributed by atoms with Crippen molar-refractivity contribution in [2.24, 2.45) is 0 Å². The van der Waals surface area contributed by atoms with Crippen molar-refractivity contribution in [2.75, 3.05) is 0 Å². The minimum absolute atomic E-state index is 0.211. The van der Waals surface area contributed by atoms with E-state index in [-0.39, 0.29) is 11.6 Å². The number of aryl methyl sites for hydroxylation is 2. The number of fused-ring (bicyclic) bond motifs is 1. The van der Waals surface area contributed by atoms with Gasteiger partial charge in [0.2, 0.25) is 0 Å². The van der Waals surface area contributed by atoms with E-state index in [1.54, 1.807) is 32.0 Å². The van der Waals surface area contributed by atoms with Crippen molar-refractivity contribution in [1.82, 2.24) is 0 Å². The van der Waals surface area contributed by atoms with Gasteiger partial charge in [0.25, 0.3) is 0 Å². The standard InChI is InChI=1S/C28H22F2/c1-19-7-9-21(17-27(19)29)11-13-24-15-14-23-5-3-4-6-25(23)26(24)16-12-22-10-8-20(2)28(30)18-22/h3-18H,1-2H3/b13-11+,16-12+. The Labute approximate surface area is 175 Å². The molecule has 0 saturated carbocycles. The molecule has 4 aromatic rings. The summed E-state index contributed by atoms with van der Waals surface area (Å²) in [4.78, 5) is 0. The molecule has 4 aromatic carbocycles. The summed E-state index contributed by atoms with van der Waals surface area (Å²) in [5.74, 6) is -0.422. The summed E-state index contributed by atoms with van der Waals surface area (Å²) in [6.45, 7) is 3.51. The quantitative estimate of drug-likeness (QED) is 0.306. The molecule has 0 heterocycles. The third-order valence-electron chi connectivity index (χ3n) is 5.29. The molecular weight excluding hydrogens is 374 g/mol. The number of hydrogen-bond donors (Lipinski definition) is 0. The molecular formula is C28H22F2. The minimum Gasteiger partial charge on any atom is -0.207 e. The molecule has 0 aromatic heterocycles.